The van der Waals surface area contributed by atoms with E-state index in [1.165, 1.54) is 0 Å². The van der Waals surface area contributed by atoms with Gasteiger partial charge in [0, 0.05) is 29.4 Å². The quantitative estimate of drug-likeness (QED) is 0.370. The van der Waals surface area contributed by atoms with Gasteiger partial charge in [-0.3, -0.25) is 9.71 Å². The molecule has 168 valence electrons. The van der Waals surface area contributed by atoms with Gasteiger partial charge in [0.2, 0.25) is 10.0 Å². The minimum absolute atomic E-state index is 0.0200. The number of fused-ring (bicyclic) bond motifs is 1. The Bertz CT molecular complexity index is 1310. The van der Waals surface area contributed by atoms with Gasteiger partial charge in [-0.1, -0.05) is 45.2 Å². The summed E-state index contributed by atoms with van der Waals surface area (Å²) in [6, 6.07) is 12.6. The summed E-state index contributed by atoms with van der Waals surface area (Å²) < 4.78 is 25.3. The van der Waals surface area contributed by atoms with Crippen molar-refractivity contribution in [2.45, 2.75) is 13.8 Å². The van der Waals surface area contributed by atoms with Gasteiger partial charge in [0.1, 0.15) is 11.4 Å². The van der Waals surface area contributed by atoms with E-state index in [1.807, 2.05) is 38.1 Å². The summed E-state index contributed by atoms with van der Waals surface area (Å²) >= 11 is 0. The molecule has 0 atom stereocenters. The number of nitrogens with zero attached hydrogens (tertiary/aromatic N) is 1. The molecule has 32 heavy (non-hydrogen) atoms. The lowest BCUT2D eigenvalue weighted by Crippen LogP contribution is -2.29. The molecule has 0 saturated carbocycles. The first kappa shape index (κ1) is 23.1. The fourth-order valence-corrected chi connectivity index (χ4v) is 3.61. The predicted octanol–water partition coefficient (Wildman–Crippen LogP) is 4.64. The standard InChI is InChI=1S/C24H27N3O4S/c1-15(26-14-24(3,4)16(2)28)23-22(29)12-20(13-25-23)18-6-7-19-11-21(27-32(5,30)31)9-8-17(19)10-18/h6-13,26-29H,1-2,14H2,3-5H3. The maximum Gasteiger partial charge on any atom is 0.229 e. The SMILES string of the molecule is C=C(NCC(C)(C)C(=C)O)c1ncc(-c2ccc3cc(NS(C)(=O)=O)ccc3c2)cc1O. The molecule has 0 amide bonds. The van der Waals surface area contributed by atoms with Crippen molar-refractivity contribution in [2.24, 2.45) is 5.41 Å². The molecule has 0 unspecified atom stereocenters. The third-order valence-electron chi connectivity index (χ3n) is 5.16. The van der Waals surface area contributed by atoms with Crippen LogP contribution in [0.15, 0.2) is 67.6 Å². The molecule has 7 nitrogen and oxygen atoms in total. The van der Waals surface area contributed by atoms with Crippen LogP contribution in [0.1, 0.15) is 19.5 Å². The van der Waals surface area contributed by atoms with Crippen LogP contribution in [0.5, 0.6) is 5.75 Å². The smallest absolute Gasteiger partial charge is 0.229 e. The number of aromatic hydroxyl groups is 1. The Kier molecular flexibility index (Phi) is 6.18. The Hall–Kier alpha value is -3.52. The van der Waals surface area contributed by atoms with E-state index in [9.17, 15) is 18.6 Å². The van der Waals surface area contributed by atoms with Crippen molar-refractivity contribution in [3.05, 3.63) is 73.3 Å². The second-order valence-corrected chi connectivity index (χ2v) is 10.2. The zero-order valence-corrected chi connectivity index (χ0v) is 19.1. The molecule has 0 fully saturated rings. The first-order valence-electron chi connectivity index (χ1n) is 9.88. The molecule has 3 rings (SSSR count). The predicted molar refractivity (Wildman–Crippen MR) is 130 cm³/mol. The zero-order valence-electron chi connectivity index (χ0n) is 18.3. The third kappa shape index (κ3) is 5.39. The summed E-state index contributed by atoms with van der Waals surface area (Å²) in [6.45, 7) is 11.6. The molecule has 0 spiro atoms. The van der Waals surface area contributed by atoms with E-state index in [-0.39, 0.29) is 11.5 Å². The molecule has 2 aromatic carbocycles. The minimum atomic E-state index is -3.34. The van der Waals surface area contributed by atoms with Crippen LogP contribution in [0.2, 0.25) is 0 Å². The molecule has 1 aromatic heterocycles. The van der Waals surface area contributed by atoms with Crippen molar-refractivity contribution >= 4 is 32.2 Å². The van der Waals surface area contributed by atoms with Crippen molar-refractivity contribution in [2.75, 3.05) is 17.5 Å². The average Bonchev–Trinajstić information content (AvgIpc) is 2.70. The van der Waals surface area contributed by atoms with Crippen molar-refractivity contribution in [1.82, 2.24) is 10.3 Å². The Balaban J connectivity index is 1.82. The monoisotopic (exact) mass is 453 g/mol. The maximum atomic E-state index is 11.4. The molecular weight excluding hydrogens is 426 g/mol. The lowest BCUT2D eigenvalue weighted by molar-refractivity contribution is 0.259. The van der Waals surface area contributed by atoms with Crippen LogP contribution < -0.4 is 10.0 Å². The van der Waals surface area contributed by atoms with Crippen LogP contribution in [-0.2, 0) is 10.0 Å². The minimum Gasteiger partial charge on any atom is -0.512 e. The normalized spacial score (nSPS) is 11.8. The molecule has 1 heterocycles. The number of pyridine rings is 1. The van der Waals surface area contributed by atoms with E-state index in [0.29, 0.717) is 23.6 Å². The highest BCUT2D eigenvalue weighted by Gasteiger charge is 2.22. The first-order valence-corrected chi connectivity index (χ1v) is 11.8. The van der Waals surface area contributed by atoms with Gasteiger partial charge in [-0.15, -0.1) is 0 Å². The highest BCUT2D eigenvalue weighted by Crippen LogP contribution is 2.31. The number of hydrogen-bond donors (Lipinski definition) is 4. The largest absolute Gasteiger partial charge is 0.512 e. The van der Waals surface area contributed by atoms with E-state index in [4.69, 9.17) is 0 Å². The van der Waals surface area contributed by atoms with Crippen molar-refractivity contribution < 1.29 is 18.6 Å². The van der Waals surface area contributed by atoms with Crippen LogP contribution in [0.3, 0.4) is 0 Å². The molecule has 4 N–H and O–H groups in total. The van der Waals surface area contributed by atoms with Crippen LogP contribution in [0.4, 0.5) is 5.69 Å². The number of aliphatic hydroxyl groups is 1. The van der Waals surface area contributed by atoms with Crippen LogP contribution >= 0.6 is 0 Å². The van der Waals surface area contributed by atoms with Gasteiger partial charge in [-0.25, -0.2) is 8.42 Å². The second-order valence-electron chi connectivity index (χ2n) is 8.41. The van der Waals surface area contributed by atoms with Crippen molar-refractivity contribution in [3.8, 4) is 16.9 Å². The summed E-state index contributed by atoms with van der Waals surface area (Å²) in [5.41, 5.74) is 2.28. The number of nitrogens with one attached hydrogen (secondary N) is 2. The zero-order chi connectivity index (χ0) is 23.7. The summed E-state index contributed by atoms with van der Waals surface area (Å²) in [7, 11) is -3.34. The third-order valence-corrected chi connectivity index (χ3v) is 5.76. The lowest BCUT2D eigenvalue weighted by atomic mass is 9.91. The molecule has 0 aliphatic rings. The van der Waals surface area contributed by atoms with Crippen molar-refractivity contribution in [1.29, 1.82) is 0 Å². The van der Waals surface area contributed by atoms with E-state index in [1.54, 1.807) is 24.4 Å². The fourth-order valence-electron chi connectivity index (χ4n) is 3.06. The average molecular weight is 454 g/mol. The van der Waals surface area contributed by atoms with Gasteiger partial charge in [-0.2, -0.15) is 0 Å². The summed E-state index contributed by atoms with van der Waals surface area (Å²) in [6.07, 6.45) is 2.76. The summed E-state index contributed by atoms with van der Waals surface area (Å²) in [5, 5.41) is 25.1. The molecule has 0 bridgehead atoms. The first-order chi connectivity index (χ1) is 14.9. The number of anilines is 1. The summed E-state index contributed by atoms with van der Waals surface area (Å²) in [4.78, 5) is 4.36. The lowest BCUT2D eigenvalue weighted by Gasteiger charge is -2.24. The molecule has 0 radical (unpaired) electrons. The van der Waals surface area contributed by atoms with Gasteiger partial charge >= 0.3 is 0 Å². The summed E-state index contributed by atoms with van der Waals surface area (Å²) in [5.74, 6) is 0.0364. The Morgan fingerprint density at radius 3 is 2.34 bits per heavy atom. The maximum absolute atomic E-state index is 11.4. The number of aromatic nitrogens is 1. The Morgan fingerprint density at radius 1 is 1.06 bits per heavy atom. The molecule has 8 heteroatoms. The van der Waals surface area contributed by atoms with Crippen LogP contribution in [0.25, 0.3) is 27.6 Å². The highest BCUT2D eigenvalue weighted by molar-refractivity contribution is 7.92. The molecule has 0 aliphatic heterocycles. The molecule has 0 saturated heterocycles. The van der Waals surface area contributed by atoms with Crippen LogP contribution in [0, 0.1) is 5.41 Å². The van der Waals surface area contributed by atoms with Crippen molar-refractivity contribution in [3.63, 3.8) is 0 Å². The van der Waals surface area contributed by atoms with E-state index < -0.39 is 15.4 Å². The van der Waals surface area contributed by atoms with Gasteiger partial charge < -0.3 is 15.5 Å². The number of hydrogen-bond acceptors (Lipinski definition) is 6. The van der Waals surface area contributed by atoms with E-state index in [2.05, 4.69) is 28.2 Å². The number of rotatable bonds is 8. The fraction of sp³-hybridized carbons (Fsp3) is 0.208. The second kappa shape index (κ2) is 8.55. The molecular formula is C24H27N3O4S. The van der Waals surface area contributed by atoms with Gasteiger partial charge in [0.05, 0.1) is 17.7 Å². The Labute approximate surface area is 188 Å². The molecule has 0 aliphatic carbocycles. The van der Waals surface area contributed by atoms with Crippen LogP contribution in [-0.4, -0.2) is 36.4 Å². The van der Waals surface area contributed by atoms with Gasteiger partial charge in [0.25, 0.3) is 0 Å². The number of benzene rings is 2. The number of aliphatic hydroxyl groups excluding tert-OH is 1. The van der Waals surface area contributed by atoms with Gasteiger partial charge in [-0.05, 0) is 40.6 Å². The highest BCUT2D eigenvalue weighted by atomic mass is 32.2. The topological polar surface area (TPSA) is 112 Å². The van der Waals surface area contributed by atoms with Gasteiger partial charge in [0.15, 0.2) is 0 Å². The van der Waals surface area contributed by atoms with E-state index in [0.717, 1.165) is 28.2 Å². The van der Waals surface area contributed by atoms with E-state index >= 15 is 0 Å². The number of sulfonamides is 1. The Morgan fingerprint density at radius 2 is 1.72 bits per heavy atom. The molecule has 3 aromatic rings.